The fraction of sp³-hybridized carbons (Fsp3) is 0.0833. The van der Waals surface area contributed by atoms with E-state index in [4.69, 9.17) is 28.3 Å². The van der Waals surface area contributed by atoms with Gasteiger partial charge in [0.2, 0.25) is 5.91 Å². The Kier molecular flexibility index (Phi) is 4.26. The Bertz CT molecular complexity index is 649. The van der Waals surface area contributed by atoms with E-state index in [2.05, 4.69) is 10.4 Å². The van der Waals surface area contributed by atoms with E-state index in [9.17, 15) is 9.59 Å². The highest BCUT2D eigenvalue weighted by Gasteiger charge is 2.15. The van der Waals surface area contributed by atoms with Crippen molar-refractivity contribution in [2.24, 2.45) is 0 Å². The lowest BCUT2D eigenvalue weighted by Crippen LogP contribution is -2.22. The molecular weight excluding hydrogens is 305 g/mol. The number of halogens is 2. The molecule has 2 N–H and O–H groups in total. The highest BCUT2D eigenvalue weighted by molar-refractivity contribution is 6.39. The summed E-state index contributed by atoms with van der Waals surface area (Å²) >= 11 is 11.8. The first-order chi connectivity index (χ1) is 9.49. The number of carboxylic acids is 1. The van der Waals surface area contributed by atoms with E-state index in [0.717, 1.165) is 4.68 Å². The Morgan fingerprint density at radius 2 is 1.90 bits per heavy atom. The Labute approximate surface area is 123 Å². The van der Waals surface area contributed by atoms with Crippen LogP contribution in [0.5, 0.6) is 0 Å². The van der Waals surface area contributed by atoms with Crippen LogP contribution < -0.4 is 5.32 Å². The van der Waals surface area contributed by atoms with Gasteiger partial charge in [0.05, 0.1) is 15.7 Å². The average molecular weight is 314 g/mol. The molecule has 0 aliphatic carbocycles. The van der Waals surface area contributed by atoms with E-state index < -0.39 is 11.9 Å². The van der Waals surface area contributed by atoms with Crippen LogP contribution in [0.25, 0.3) is 0 Å². The second kappa shape index (κ2) is 5.94. The molecule has 2 aromatic rings. The molecule has 8 heteroatoms. The van der Waals surface area contributed by atoms with Crippen molar-refractivity contribution < 1.29 is 14.7 Å². The zero-order chi connectivity index (χ0) is 14.7. The molecule has 104 valence electrons. The molecule has 0 radical (unpaired) electrons. The first-order valence-corrected chi connectivity index (χ1v) is 6.23. The minimum atomic E-state index is -1.16. The number of carboxylic acid groups (broad SMARTS) is 1. The van der Waals surface area contributed by atoms with Crippen LogP contribution in [-0.4, -0.2) is 26.8 Å². The van der Waals surface area contributed by atoms with E-state index in [1.165, 1.54) is 12.3 Å². The molecule has 0 atom stereocenters. The van der Waals surface area contributed by atoms with E-state index in [1.54, 1.807) is 18.2 Å². The van der Waals surface area contributed by atoms with Crippen molar-refractivity contribution in [2.45, 2.75) is 6.54 Å². The predicted molar refractivity (Wildman–Crippen MR) is 74.3 cm³/mol. The zero-order valence-corrected chi connectivity index (χ0v) is 11.5. The second-order valence-electron chi connectivity index (χ2n) is 3.82. The third-order valence-corrected chi connectivity index (χ3v) is 3.09. The first kappa shape index (κ1) is 14.4. The summed E-state index contributed by atoms with van der Waals surface area (Å²) in [7, 11) is 0. The standard InChI is InChI=1S/C12H9Cl2N3O3/c13-7-2-1-3-8(14)11(7)16-10(18)6-17-9(12(19)20)4-5-15-17/h1-5H,6H2,(H,16,18)(H,19,20). The molecule has 0 aliphatic heterocycles. The normalized spacial score (nSPS) is 10.3. The molecule has 20 heavy (non-hydrogen) atoms. The smallest absolute Gasteiger partial charge is 0.354 e. The molecule has 0 aliphatic rings. The highest BCUT2D eigenvalue weighted by atomic mass is 35.5. The number of aromatic nitrogens is 2. The molecule has 1 aromatic carbocycles. The first-order valence-electron chi connectivity index (χ1n) is 5.48. The number of carbonyl (C=O) groups excluding carboxylic acids is 1. The number of hydrogen-bond donors (Lipinski definition) is 2. The van der Waals surface area contributed by atoms with Gasteiger partial charge < -0.3 is 10.4 Å². The molecule has 0 saturated carbocycles. The lowest BCUT2D eigenvalue weighted by molar-refractivity contribution is -0.116. The molecule has 0 fully saturated rings. The van der Waals surface area contributed by atoms with Crippen LogP contribution in [0.15, 0.2) is 30.5 Å². The molecule has 1 heterocycles. The average Bonchev–Trinajstić information content (AvgIpc) is 2.82. The van der Waals surface area contributed by atoms with Crippen molar-refractivity contribution >= 4 is 40.8 Å². The number of benzene rings is 1. The van der Waals surface area contributed by atoms with Gasteiger partial charge in [-0.25, -0.2) is 9.48 Å². The minimum absolute atomic E-state index is 0.0783. The summed E-state index contributed by atoms with van der Waals surface area (Å²) in [6, 6.07) is 6.12. The van der Waals surface area contributed by atoms with Crippen molar-refractivity contribution in [2.75, 3.05) is 5.32 Å². The van der Waals surface area contributed by atoms with Gasteiger partial charge >= 0.3 is 5.97 Å². The third-order valence-electron chi connectivity index (χ3n) is 2.46. The van der Waals surface area contributed by atoms with Gasteiger partial charge in [0, 0.05) is 6.20 Å². The van der Waals surface area contributed by atoms with Gasteiger partial charge in [-0.2, -0.15) is 5.10 Å². The van der Waals surface area contributed by atoms with Crippen LogP contribution in [0.2, 0.25) is 10.0 Å². The third kappa shape index (κ3) is 3.09. The van der Waals surface area contributed by atoms with Gasteiger partial charge in [-0.15, -0.1) is 0 Å². The number of hydrogen-bond acceptors (Lipinski definition) is 3. The molecular formula is C12H9Cl2N3O3. The zero-order valence-electron chi connectivity index (χ0n) is 10.0. The summed E-state index contributed by atoms with van der Waals surface area (Å²) in [5.74, 6) is -1.64. The summed E-state index contributed by atoms with van der Waals surface area (Å²) in [5.41, 5.74) is 0.204. The Morgan fingerprint density at radius 1 is 1.25 bits per heavy atom. The fourth-order valence-corrected chi connectivity index (χ4v) is 2.06. The number of aromatic carboxylic acids is 1. The lowest BCUT2D eigenvalue weighted by Gasteiger charge is -2.09. The van der Waals surface area contributed by atoms with Crippen LogP contribution in [-0.2, 0) is 11.3 Å². The van der Waals surface area contributed by atoms with Crippen molar-refractivity contribution in [3.8, 4) is 0 Å². The van der Waals surface area contributed by atoms with Crippen LogP contribution in [0, 0.1) is 0 Å². The molecule has 0 spiro atoms. The predicted octanol–water partition coefficient (Wildman–Crippen LogP) is 2.53. The number of rotatable bonds is 4. The second-order valence-corrected chi connectivity index (χ2v) is 4.64. The largest absolute Gasteiger partial charge is 0.477 e. The SMILES string of the molecule is O=C(Cn1nccc1C(=O)O)Nc1c(Cl)cccc1Cl. The van der Waals surface area contributed by atoms with E-state index >= 15 is 0 Å². The van der Waals surface area contributed by atoms with Crippen molar-refractivity contribution in [1.82, 2.24) is 9.78 Å². The molecule has 1 amide bonds. The minimum Gasteiger partial charge on any atom is -0.477 e. The molecule has 0 bridgehead atoms. The maximum absolute atomic E-state index is 11.9. The van der Waals surface area contributed by atoms with Crippen LogP contribution >= 0.6 is 23.2 Å². The monoisotopic (exact) mass is 313 g/mol. The number of nitrogens with zero attached hydrogens (tertiary/aromatic N) is 2. The van der Waals surface area contributed by atoms with Gasteiger partial charge in [-0.1, -0.05) is 29.3 Å². The van der Waals surface area contributed by atoms with Crippen LogP contribution in [0.3, 0.4) is 0 Å². The maximum atomic E-state index is 11.9. The molecule has 2 rings (SSSR count). The van der Waals surface area contributed by atoms with Gasteiger partial charge in [0.15, 0.2) is 0 Å². The Hall–Kier alpha value is -2.05. The van der Waals surface area contributed by atoms with E-state index in [-0.39, 0.29) is 17.9 Å². The molecule has 0 unspecified atom stereocenters. The maximum Gasteiger partial charge on any atom is 0.354 e. The van der Waals surface area contributed by atoms with Crippen LogP contribution in [0.1, 0.15) is 10.5 Å². The summed E-state index contributed by atoms with van der Waals surface area (Å²) in [4.78, 5) is 22.8. The van der Waals surface area contributed by atoms with E-state index in [1.807, 2.05) is 0 Å². The fourth-order valence-electron chi connectivity index (χ4n) is 1.57. The summed E-state index contributed by atoms with van der Waals surface area (Å²) in [6.07, 6.45) is 1.30. The van der Waals surface area contributed by atoms with Gasteiger partial charge in [0.1, 0.15) is 12.2 Å². The van der Waals surface area contributed by atoms with Crippen molar-refractivity contribution in [1.29, 1.82) is 0 Å². The number of nitrogens with one attached hydrogen (secondary N) is 1. The molecule has 0 saturated heterocycles. The van der Waals surface area contributed by atoms with E-state index in [0.29, 0.717) is 10.0 Å². The molecule has 1 aromatic heterocycles. The van der Waals surface area contributed by atoms with Gasteiger partial charge in [-0.3, -0.25) is 4.79 Å². The summed E-state index contributed by atoms with van der Waals surface area (Å²) in [5, 5.41) is 15.8. The number of carbonyl (C=O) groups is 2. The van der Waals surface area contributed by atoms with Gasteiger partial charge in [0.25, 0.3) is 0 Å². The summed E-state index contributed by atoms with van der Waals surface area (Å²) in [6.45, 7) is -0.254. The van der Waals surface area contributed by atoms with Crippen molar-refractivity contribution in [3.63, 3.8) is 0 Å². The number of anilines is 1. The summed E-state index contributed by atoms with van der Waals surface area (Å²) < 4.78 is 1.07. The van der Waals surface area contributed by atoms with Crippen LogP contribution in [0.4, 0.5) is 5.69 Å². The number of para-hydroxylation sites is 1. The van der Waals surface area contributed by atoms with Crippen molar-refractivity contribution in [3.05, 3.63) is 46.2 Å². The van der Waals surface area contributed by atoms with Gasteiger partial charge in [-0.05, 0) is 18.2 Å². The Morgan fingerprint density at radius 3 is 2.50 bits per heavy atom. The Balaban J connectivity index is 2.14. The molecule has 6 nitrogen and oxygen atoms in total. The highest BCUT2D eigenvalue weighted by Crippen LogP contribution is 2.29. The number of amides is 1. The lowest BCUT2D eigenvalue weighted by atomic mass is 10.3. The topological polar surface area (TPSA) is 84.2 Å². The quantitative estimate of drug-likeness (QED) is 0.908.